The van der Waals surface area contributed by atoms with Gasteiger partial charge in [-0.1, -0.05) is 52.3 Å². The fourth-order valence-corrected chi connectivity index (χ4v) is 2.33. The van der Waals surface area contributed by atoms with Crippen molar-refractivity contribution in [3.05, 3.63) is 54.6 Å². The Morgan fingerprint density at radius 1 is 1.06 bits per heavy atom. The van der Waals surface area contributed by atoms with Gasteiger partial charge in [0.2, 0.25) is 0 Å². The van der Waals surface area contributed by atoms with Crippen LogP contribution in [0.15, 0.2) is 53.3 Å². The summed E-state index contributed by atoms with van der Waals surface area (Å²) in [5, 5.41) is 3.14. The highest BCUT2D eigenvalue weighted by Crippen LogP contribution is 2.27. The van der Waals surface area contributed by atoms with Crippen LogP contribution in [0.4, 0.5) is 0 Å². The van der Waals surface area contributed by atoms with Crippen molar-refractivity contribution in [3.63, 3.8) is 0 Å². The van der Waals surface area contributed by atoms with Crippen LogP contribution in [0, 0.1) is 0 Å². The summed E-state index contributed by atoms with van der Waals surface area (Å²) >= 11 is 3.41. The molecule has 0 fully saturated rings. The molecule has 0 aliphatic carbocycles. The SMILES string of the molecule is BrCc1ncoc1-c1ccc2ccccc2c1. The van der Waals surface area contributed by atoms with Crippen molar-refractivity contribution in [2.24, 2.45) is 0 Å². The van der Waals surface area contributed by atoms with Gasteiger partial charge in [0, 0.05) is 10.9 Å². The lowest BCUT2D eigenvalue weighted by Crippen LogP contribution is -1.83. The minimum atomic E-state index is 0.700. The molecule has 3 aromatic rings. The largest absolute Gasteiger partial charge is 0.443 e. The Hall–Kier alpha value is -1.61. The molecule has 0 aliphatic rings. The molecule has 0 aliphatic heterocycles. The van der Waals surface area contributed by atoms with E-state index in [4.69, 9.17) is 4.42 Å². The summed E-state index contributed by atoms with van der Waals surface area (Å²) in [4.78, 5) is 4.18. The lowest BCUT2D eigenvalue weighted by molar-refractivity contribution is 0.571. The monoisotopic (exact) mass is 287 g/mol. The Morgan fingerprint density at radius 2 is 1.88 bits per heavy atom. The van der Waals surface area contributed by atoms with Crippen LogP contribution < -0.4 is 0 Å². The fourth-order valence-electron chi connectivity index (χ4n) is 1.93. The molecule has 3 rings (SSSR count). The fraction of sp³-hybridized carbons (Fsp3) is 0.0714. The van der Waals surface area contributed by atoms with Gasteiger partial charge in [0.1, 0.15) is 0 Å². The average Bonchev–Trinajstić information content (AvgIpc) is 2.86. The van der Waals surface area contributed by atoms with Gasteiger partial charge in [0.05, 0.1) is 5.69 Å². The smallest absolute Gasteiger partial charge is 0.181 e. The normalized spacial score (nSPS) is 10.9. The number of aromatic nitrogens is 1. The second-order valence-corrected chi connectivity index (χ2v) is 4.38. The zero-order chi connectivity index (χ0) is 11.7. The van der Waals surface area contributed by atoms with Crippen LogP contribution in [-0.2, 0) is 5.33 Å². The standard InChI is InChI=1S/C14H10BrNO/c15-8-13-14(17-9-16-13)12-6-5-10-3-1-2-4-11(10)7-12/h1-7,9H,8H2. The van der Waals surface area contributed by atoms with E-state index in [1.54, 1.807) is 0 Å². The number of oxazole rings is 1. The van der Waals surface area contributed by atoms with Crippen molar-refractivity contribution in [3.8, 4) is 11.3 Å². The predicted molar refractivity (Wildman–Crippen MR) is 72.1 cm³/mol. The first-order chi connectivity index (χ1) is 8.38. The molecular weight excluding hydrogens is 278 g/mol. The molecule has 3 heteroatoms. The summed E-state index contributed by atoms with van der Waals surface area (Å²) in [5.74, 6) is 0.840. The molecule has 0 saturated heterocycles. The van der Waals surface area contributed by atoms with Crippen LogP contribution in [0.2, 0.25) is 0 Å². The number of benzene rings is 2. The van der Waals surface area contributed by atoms with Crippen molar-refractivity contribution < 1.29 is 4.42 Å². The molecule has 1 aromatic heterocycles. The summed E-state index contributed by atoms with van der Waals surface area (Å²) < 4.78 is 5.45. The lowest BCUT2D eigenvalue weighted by atomic mass is 10.1. The van der Waals surface area contributed by atoms with E-state index in [9.17, 15) is 0 Å². The Kier molecular flexibility index (Phi) is 2.69. The van der Waals surface area contributed by atoms with Gasteiger partial charge < -0.3 is 4.42 Å². The van der Waals surface area contributed by atoms with Crippen molar-refractivity contribution in [1.82, 2.24) is 4.98 Å². The zero-order valence-corrected chi connectivity index (χ0v) is 10.6. The van der Waals surface area contributed by atoms with E-state index in [-0.39, 0.29) is 0 Å². The molecular formula is C14H10BrNO. The van der Waals surface area contributed by atoms with Gasteiger partial charge in [-0.05, 0) is 16.8 Å². The third-order valence-corrected chi connectivity index (χ3v) is 3.31. The van der Waals surface area contributed by atoms with Crippen molar-refractivity contribution in [2.75, 3.05) is 0 Å². The molecule has 2 aromatic carbocycles. The maximum atomic E-state index is 5.45. The number of rotatable bonds is 2. The van der Waals surface area contributed by atoms with Crippen LogP contribution in [0.1, 0.15) is 5.69 Å². The van der Waals surface area contributed by atoms with Crippen LogP contribution in [-0.4, -0.2) is 4.98 Å². The topological polar surface area (TPSA) is 26.0 Å². The van der Waals surface area contributed by atoms with Gasteiger partial charge in [0.25, 0.3) is 0 Å². The summed E-state index contributed by atoms with van der Waals surface area (Å²) in [6.07, 6.45) is 1.49. The first kappa shape index (κ1) is 10.5. The second-order valence-electron chi connectivity index (χ2n) is 3.82. The number of hydrogen-bond acceptors (Lipinski definition) is 2. The third-order valence-electron chi connectivity index (χ3n) is 2.78. The van der Waals surface area contributed by atoms with E-state index in [1.165, 1.54) is 17.2 Å². The number of fused-ring (bicyclic) bond motifs is 1. The van der Waals surface area contributed by atoms with E-state index in [1.807, 2.05) is 12.1 Å². The minimum absolute atomic E-state index is 0.700. The Morgan fingerprint density at radius 3 is 2.71 bits per heavy atom. The molecule has 84 valence electrons. The molecule has 0 N–H and O–H groups in total. The van der Waals surface area contributed by atoms with E-state index in [0.29, 0.717) is 5.33 Å². The maximum absolute atomic E-state index is 5.45. The van der Waals surface area contributed by atoms with Crippen LogP contribution >= 0.6 is 15.9 Å². The summed E-state index contributed by atoms with van der Waals surface area (Å²) in [6.45, 7) is 0. The molecule has 0 atom stereocenters. The Balaban J connectivity index is 2.18. The average molecular weight is 288 g/mol. The van der Waals surface area contributed by atoms with Crippen molar-refractivity contribution >= 4 is 26.7 Å². The highest BCUT2D eigenvalue weighted by atomic mass is 79.9. The van der Waals surface area contributed by atoms with Gasteiger partial charge in [-0.15, -0.1) is 0 Å². The Labute approximate surface area is 107 Å². The maximum Gasteiger partial charge on any atom is 0.181 e. The first-order valence-corrected chi connectivity index (χ1v) is 6.48. The molecule has 1 heterocycles. The van der Waals surface area contributed by atoms with Gasteiger partial charge in [-0.3, -0.25) is 0 Å². The number of nitrogens with zero attached hydrogens (tertiary/aromatic N) is 1. The molecule has 0 spiro atoms. The molecule has 0 unspecified atom stereocenters. The van der Waals surface area contributed by atoms with Crippen LogP contribution in [0.5, 0.6) is 0 Å². The summed E-state index contributed by atoms with van der Waals surface area (Å²) in [6, 6.07) is 14.6. The predicted octanol–water partition coefficient (Wildman–Crippen LogP) is 4.39. The zero-order valence-electron chi connectivity index (χ0n) is 9.06. The van der Waals surface area contributed by atoms with Gasteiger partial charge >= 0.3 is 0 Å². The molecule has 2 nitrogen and oxygen atoms in total. The summed E-state index contributed by atoms with van der Waals surface area (Å²) in [5.41, 5.74) is 2.00. The molecule has 0 amide bonds. The number of hydrogen-bond donors (Lipinski definition) is 0. The number of halogens is 1. The first-order valence-electron chi connectivity index (χ1n) is 5.36. The molecule has 17 heavy (non-hydrogen) atoms. The highest BCUT2D eigenvalue weighted by molar-refractivity contribution is 9.08. The lowest BCUT2D eigenvalue weighted by Gasteiger charge is -2.02. The van der Waals surface area contributed by atoms with E-state index in [0.717, 1.165) is 17.0 Å². The quantitative estimate of drug-likeness (QED) is 0.654. The van der Waals surface area contributed by atoms with Crippen molar-refractivity contribution in [2.45, 2.75) is 5.33 Å². The number of alkyl halides is 1. The van der Waals surface area contributed by atoms with E-state index >= 15 is 0 Å². The molecule has 0 bridgehead atoms. The second kappa shape index (κ2) is 4.34. The Bertz CT molecular complexity index is 660. The molecule has 0 radical (unpaired) electrons. The van der Waals surface area contributed by atoms with Crippen LogP contribution in [0.25, 0.3) is 22.1 Å². The van der Waals surface area contributed by atoms with Gasteiger partial charge in [-0.2, -0.15) is 0 Å². The van der Waals surface area contributed by atoms with E-state index < -0.39 is 0 Å². The molecule has 0 saturated carbocycles. The summed E-state index contributed by atoms with van der Waals surface area (Å²) in [7, 11) is 0. The van der Waals surface area contributed by atoms with Crippen molar-refractivity contribution in [1.29, 1.82) is 0 Å². The third kappa shape index (κ3) is 1.87. The van der Waals surface area contributed by atoms with Gasteiger partial charge in [-0.25, -0.2) is 4.98 Å². The highest BCUT2D eigenvalue weighted by Gasteiger charge is 2.09. The minimum Gasteiger partial charge on any atom is -0.443 e. The van der Waals surface area contributed by atoms with Gasteiger partial charge in [0.15, 0.2) is 12.2 Å². The van der Waals surface area contributed by atoms with Crippen LogP contribution in [0.3, 0.4) is 0 Å². The van der Waals surface area contributed by atoms with E-state index in [2.05, 4.69) is 51.2 Å².